The van der Waals surface area contributed by atoms with E-state index >= 15 is 0 Å². The summed E-state index contributed by atoms with van der Waals surface area (Å²) >= 11 is 0. The van der Waals surface area contributed by atoms with Crippen molar-refractivity contribution in [3.8, 4) is 17.2 Å². The summed E-state index contributed by atoms with van der Waals surface area (Å²) in [6.45, 7) is 8.36. The van der Waals surface area contributed by atoms with Crippen molar-refractivity contribution in [3.05, 3.63) is 83.4 Å². The standard InChI is InChI=1S/C30H38N2O5S/c1-5-32(6-2)38(34,35)29-15-14-23(3)20-26(29)30(33)16-18-31(19-17-30)22-24-10-9-11-25(21-24)37-28-13-8-7-12-27(28)36-4/h7-15,20-21,33H,5-6,16-19,22H2,1-4H3. The van der Waals surface area contributed by atoms with Crippen LogP contribution in [0.3, 0.4) is 0 Å². The van der Waals surface area contributed by atoms with Crippen molar-refractivity contribution >= 4 is 10.0 Å². The SMILES string of the molecule is CCN(CC)S(=O)(=O)c1ccc(C)cc1C1(O)CCN(Cc2cccc(Oc3ccccc3OC)c2)CC1. The summed E-state index contributed by atoms with van der Waals surface area (Å²) in [6, 6.07) is 20.8. The maximum atomic E-state index is 13.4. The van der Waals surface area contributed by atoms with E-state index in [2.05, 4.69) is 11.0 Å². The van der Waals surface area contributed by atoms with Gasteiger partial charge >= 0.3 is 0 Å². The summed E-state index contributed by atoms with van der Waals surface area (Å²) in [4.78, 5) is 2.49. The number of rotatable bonds is 10. The largest absolute Gasteiger partial charge is 0.493 e. The molecule has 1 fully saturated rings. The lowest BCUT2D eigenvalue weighted by molar-refractivity contribution is -0.0300. The van der Waals surface area contributed by atoms with Gasteiger partial charge in [0.1, 0.15) is 5.75 Å². The zero-order chi connectivity index (χ0) is 27.3. The number of methoxy groups -OCH3 is 1. The van der Waals surface area contributed by atoms with Crippen LogP contribution >= 0.6 is 0 Å². The molecule has 3 aromatic rings. The van der Waals surface area contributed by atoms with E-state index in [1.807, 2.05) is 69.3 Å². The van der Waals surface area contributed by atoms with Gasteiger partial charge in [-0.05, 0) is 55.7 Å². The van der Waals surface area contributed by atoms with Crippen molar-refractivity contribution in [3.63, 3.8) is 0 Å². The average molecular weight is 539 g/mol. The zero-order valence-electron chi connectivity index (χ0n) is 22.7. The molecule has 1 saturated heterocycles. The molecule has 0 amide bonds. The van der Waals surface area contributed by atoms with Crippen LogP contribution in [0.1, 0.15) is 43.4 Å². The number of sulfonamides is 1. The Morgan fingerprint density at radius 1 is 0.947 bits per heavy atom. The number of piperidine rings is 1. The highest BCUT2D eigenvalue weighted by Crippen LogP contribution is 2.38. The summed E-state index contributed by atoms with van der Waals surface area (Å²) < 4.78 is 39.7. The lowest BCUT2D eigenvalue weighted by Crippen LogP contribution is -2.43. The number of ether oxygens (including phenoxy) is 2. The molecule has 3 aromatic carbocycles. The predicted octanol–water partition coefficient (Wildman–Crippen LogP) is 5.31. The molecule has 1 heterocycles. The van der Waals surface area contributed by atoms with Crippen molar-refractivity contribution in [2.24, 2.45) is 0 Å². The number of nitrogens with zero attached hydrogens (tertiary/aromatic N) is 2. The molecule has 7 nitrogen and oxygen atoms in total. The fourth-order valence-corrected chi connectivity index (χ4v) is 6.81. The molecule has 0 saturated carbocycles. The van der Waals surface area contributed by atoms with E-state index in [9.17, 15) is 13.5 Å². The molecule has 8 heteroatoms. The smallest absolute Gasteiger partial charge is 0.243 e. The number of para-hydroxylation sites is 2. The third-order valence-electron chi connectivity index (χ3n) is 7.24. The summed E-state index contributed by atoms with van der Waals surface area (Å²) in [7, 11) is -2.08. The molecular formula is C30H38N2O5S. The third kappa shape index (κ3) is 6.04. The van der Waals surface area contributed by atoms with Crippen LogP contribution in [0, 0.1) is 6.92 Å². The quantitative estimate of drug-likeness (QED) is 0.377. The Balaban J connectivity index is 1.48. The molecule has 0 aromatic heterocycles. The highest BCUT2D eigenvalue weighted by Gasteiger charge is 2.39. The topological polar surface area (TPSA) is 79.3 Å². The van der Waals surface area contributed by atoms with Crippen LogP contribution < -0.4 is 9.47 Å². The lowest BCUT2D eigenvalue weighted by Gasteiger charge is -2.39. The minimum atomic E-state index is -3.70. The van der Waals surface area contributed by atoms with Crippen LogP contribution in [0.2, 0.25) is 0 Å². The first-order valence-electron chi connectivity index (χ1n) is 13.2. The molecule has 1 aliphatic heterocycles. The van der Waals surface area contributed by atoms with Crippen LogP contribution in [0.15, 0.2) is 71.6 Å². The van der Waals surface area contributed by atoms with E-state index in [4.69, 9.17) is 9.47 Å². The fourth-order valence-electron chi connectivity index (χ4n) is 5.08. The number of aliphatic hydroxyl groups is 1. The lowest BCUT2D eigenvalue weighted by atomic mass is 9.83. The molecule has 0 bridgehead atoms. The van der Waals surface area contributed by atoms with Crippen LogP contribution in [-0.4, -0.2) is 56.0 Å². The van der Waals surface area contributed by atoms with Gasteiger partial charge in [-0.25, -0.2) is 8.42 Å². The third-order valence-corrected chi connectivity index (χ3v) is 9.35. The van der Waals surface area contributed by atoms with Gasteiger partial charge in [-0.3, -0.25) is 4.90 Å². The minimum Gasteiger partial charge on any atom is -0.493 e. The summed E-state index contributed by atoms with van der Waals surface area (Å²) in [6.07, 6.45) is 0.906. The second-order valence-corrected chi connectivity index (χ2v) is 11.7. The van der Waals surface area contributed by atoms with Gasteiger partial charge in [-0.1, -0.05) is 55.8 Å². The Bertz CT molecular complexity index is 1350. The zero-order valence-corrected chi connectivity index (χ0v) is 23.5. The first kappa shape index (κ1) is 28.1. The first-order valence-corrected chi connectivity index (χ1v) is 14.6. The van der Waals surface area contributed by atoms with Gasteiger partial charge in [0, 0.05) is 38.3 Å². The normalized spacial score (nSPS) is 15.9. The fraction of sp³-hybridized carbons (Fsp3) is 0.400. The maximum absolute atomic E-state index is 13.4. The molecule has 0 spiro atoms. The van der Waals surface area contributed by atoms with Crippen molar-refractivity contribution in [1.29, 1.82) is 0 Å². The van der Waals surface area contributed by atoms with Crippen molar-refractivity contribution in [1.82, 2.24) is 9.21 Å². The number of hydrogen-bond acceptors (Lipinski definition) is 6. The van der Waals surface area contributed by atoms with Crippen LogP contribution in [0.5, 0.6) is 17.2 Å². The number of benzene rings is 3. The highest BCUT2D eigenvalue weighted by atomic mass is 32.2. The van der Waals surface area contributed by atoms with E-state index in [0.29, 0.717) is 62.6 Å². The molecule has 1 N–H and O–H groups in total. The van der Waals surface area contributed by atoms with Gasteiger partial charge in [0.25, 0.3) is 0 Å². The maximum Gasteiger partial charge on any atom is 0.243 e. The Labute approximate surface area is 226 Å². The van der Waals surface area contributed by atoms with Gasteiger partial charge in [0.2, 0.25) is 10.0 Å². The van der Waals surface area contributed by atoms with Crippen LogP contribution in [0.4, 0.5) is 0 Å². The Kier molecular flexibility index (Phi) is 8.78. The molecule has 0 radical (unpaired) electrons. The predicted molar refractivity (Wildman–Crippen MR) is 149 cm³/mol. The van der Waals surface area contributed by atoms with Gasteiger partial charge in [-0.15, -0.1) is 0 Å². The van der Waals surface area contributed by atoms with E-state index in [1.54, 1.807) is 19.2 Å². The van der Waals surface area contributed by atoms with Gasteiger partial charge in [0.15, 0.2) is 11.5 Å². The van der Waals surface area contributed by atoms with Crippen molar-refractivity contribution in [2.45, 2.75) is 50.7 Å². The molecule has 0 unspecified atom stereocenters. The molecular weight excluding hydrogens is 500 g/mol. The molecule has 38 heavy (non-hydrogen) atoms. The van der Waals surface area contributed by atoms with Crippen molar-refractivity contribution < 1.29 is 23.0 Å². The van der Waals surface area contributed by atoms with E-state index in [1.165, 1.54) is 4.31 Å². The van der Waals surface area contributed by atoms with Crippen LogP contribution in [-0.2, 0) is 22.2 Å². The average Bonchev–Trinajstić information content (AvgIpc) is 2.91. The Morgan fingerprint density at radius 2 is 1.63 bits per heavy atom. The molecule has 1 aliphatic rings. The Morgan fingerprint density at radius 3 is 2.29 bits per heavy atom. The van der Waals surface area contributed by atoms with Gasteiger partial charge < -0.3 is 14.6 Å². The molecule has 0 aliphatic carbocycles. The summed E-state index contributed by atoms with van der Waals surface area (Å²) in [5, 5.41) is 11.7. The summed E-state index contributed by atoms with van der Waals surface area (Å²) in [5.41, 5.74) is 1.34. The number of hydrogen-bond donors (Lipinski definition) is 1. The van der Waals surface area contributed by atoms with Crippen molar-refractivity contribution in [2.75, 3.05) is 33.3 Å². The second-order valence-electron chi connectivity index (χ2n) is 9.80. The van der Waals surface area contributed by atoms with Gasteiger partial charge in [-0.2, -0.15) is 4.31 Å². The first-order chi connectivity index (χ1) is 18.2. The molecule has 4 rings (SSSR count). The molecule has 204 valence electrons. The number of likely N-dealkylation sites (tertiary alicyclic amines) is 1. The monoisotopic (exact) mass is 538 g/mol. The van der Waals surface area contributed by atoms with E-state index in [-0.39, 0.29) is 4.90 Å². The second kappa shape index (κ2) is 11.9. The van der Waals surface area contributed by atoms with Gasteiger partial charge in [0.05, 0.1) is 17.6 Å². The minimum absolute atomic E-state index is 0.212. The highest BCUT2D eigenvalue weighted by molar-refractivity contribution is 7.89. The number of aryl methyl sites for hydroxylation is 1. The van der Waals surface area contributed by atoms with Crippen LogP contribution in [0.25, 0.3) is 0 Å². The molecule has 0 atom stereocenters. The Hall–Kier alpha value is -2.91. The summed E-state index contributed by atoms with van der Waals surface area (Å²) in [5.74, 6) is 2.06. The van der Waals surface area contributed by atoms with E-state index < -0.39 is 15.6 Å². The van der Waals surface area contributed by atoms with E-state index in [0.717, 1.165) is 16.9 Å².